The van der Waals surface area contributed by atoms with Gasteiger partial charge in [0.15, 0.2) is 0 Å². The Kier molecular flexibility index (Phi) is 4.94. The van der Waals surface area contributed by atoms with Crippen LogP contribution in [0.5, 0.6) is 0 Å². The van der Waals surface area contributed by atoms with Gasteiger partial charge in [0.2, 0.25) is 11.8 Å². The summed E-state index contributed by atoms with van der Waals surface area (Å²) in [6, 6.07) is 13.2. The van der Waals surface area contributed by atoms with Crippen LogP contribution in [0.2, 0.25) is 0 Å². The maximum Gasteiger partial charge on any atom is 0.228 e. The van der Waals surface area contributed by atoms with Crippen molar-refractivity contribution in [3.8, 4) is 0 Å². The van der Waals surface area contributed by atoms with Gasteiger partial charge in [-0.3, -0.25) is 9.59 Å². The molecule has 2 aromatic carbocycles. The lowest BCUT2D eigenvalue weighted by molar-refractivity contribution is -0.116. The minimum absolute atomic E-state index is 0.0547. The molecule has 0 spiro atoms. The van der Waals surface area contributed by atoms with Gasteiger partial charge in [0.05, 0.1) is 6.42 Å². The van der Waals surface area contributed by atoms with Crippen molar-refractivity contribution in [3.05, 3.63) is 59.2 Å². The molecule has 0 atom stereocenters. The summed E-state index contributed by atoms with van der Waals surface area (Å²) < 4.78 is 0. The fraction of sp³-hybridized carbons (Fsp3) is 0.222. The molecule has 0 radical (unpaired) electrons. The normalized spacial score (nSPS) is 10.1. The van der Waals surface area contributed by atoms with Crippen LogP contribution in [0.4, 0.5) is 11.4 Å². The zero-order chi connectivity index (χ0) is 16.1. The Morgan fingerprint density at radius 1 is 0.909 bits per heavy atom. The number of carbonyl (C=O) groups excluding carboxylic acids is 2. The van der Waals surface area contributed by atoms with Crippen molar-refractivity contribution in [1.82, 2.24) is 0 Å². The number of hydrogen-bond acceptors (Lipinski definition) is 2. The molecule has 0 aromatic heterocycles. The highest BCUT2D eigenvalue weighted by molar-refractivity contribution is 5.93. The molecule has 0 fully saturated rings. The summed E-state index contributed by atoms with van der Waals surface area (Å²) in [7, 11) is 0. The molecule has 0 saturated heterocycles. The molecule has 0 aliphatic heterocycles. The summed E-state index contributed by atoms with van der Waals surface area (Å²) in [4.78, 5) is 23.1. The number of benzene rings is 2. The standard InChI is InChI=1S/C18H20N2O2/c1-12-4-5-13(2)15(10-12)11-18(22)20-17-8-6-16(7-9-17)19-14(3)21/h4-10H,11H2,1-3H3,(H,19,21)(H,20,22). The van der Waals surface area contributed by atoms with Gasteiger partial charge < -0.3 is 10.6 Å². The molecule has 0 saturated carbocycles. The maximum atomic E-state index is 12.1. The van der Waals surface area contributed by atoms with Crippen molar-refractivity contribution in [2.24, 2.45) is 0 Å². The molecule has 0 heterocycles. The van der Waals surface area contributed by atoms with Gasteiger partial charge in [0.1, 0.15) is 0 Å². The lowest BCUT2D eigenvalue weighted by Crippen LogP contribution is -2.15. The van der Waals surface area contributed by atoms with E-state index in [1.165, 1.54) is 6.92 Å². The third-order valence-electron chi connectivity index (χ3n) is 3.34. The number of anilines is 2. The first kappa shape index (κ1) is 15.8. The number of hydrogen-bond donors (Lipinski definition) is 2. The summed E-state index contributed by atoms with van der Waals surface area (Å²) in [5, 5.41) is 5.55. The molecule has 22 heavy (non-hydrogen) atoms. The largest absolute Gasteiger partial charge is 0.326 e. The van der Waals surface area contributed by atoms with Gasteiger partial charge in [-0.25, -0.2) is 0 Å². The molecule has 0 bridgehead atoms. The predicted octanol–water partition coefficient (Wildman–Crippen LogP) is 3.44. The van der Waals surface area contributed by atoms with Crippen molar-refractivity contribution >= 4 is 23.2 Å². The third kappa shape index (κ3) is 4.45. The maximum absolute atomic E-state index is 12.1. The van der Waals surface area contributed by atoms with Crippen LogP contribution in [0.1, 0.15) is 23.6 Å². The molecule has 2 amide bonds. The Morgan fingerprint density at radius 3 is 2.09 bits per heavy atom. The molecule has 4 heteroatoms. The van der Waals surface area contributed by atoms with E-state index in [1.807, 2.05) is 32.0 Å². The van der Waals surface area contributed by atoms with Crippen LogP contribution in [0.25, 0.3) is 0 Å². The molecular formula is C18H20N2O2. The number of carbonyl (C=O) groups is 2. The van der Waals surface area contributed by atoms with Crippen molar-refractivity contribution in [1.29, 1.82) is 0 Å². The van der Waals surface area contributed by atoms with E-state index in [9.17, 15) is 9.59 Å². The van der Waals surface area contributed by atoms with E-state index in [1.54, 1.807) is 24.3 Å². The van der Waals surface area contributed by atoms with Crippen LogP contribution in [-0.4, -0.2) is 11.8 Å². The summed E-state index contributed by atoms with van der Waals surface area (Å²) in [5.74, 6) is -0.173. The second-order valence-electron chi connectivity index (χ2n) is 5.41. The van der Waals surface area contributed by atoms with Crippen LogP contribution >= 0.6 is 0 Å². The lowest BCUT2D eigenvalue weighted by Gasteiger charge is -2.09. The molecule has 2 aromatic rings. The monoisotopic (exact) mass is 296 g/mol. The molecule has 2 N–H and O–H groups in total. The minimum Gasteiger partial charge on any atom is -0.326 e. The van der Waals surface area contributed by atoms with Gasteiger partial charge in [0.25, 0.3) is 0 Å². The first-order valence-corrected chi connectivity index (χ1v) is 7.17. The average Bonchev–Trinajstić information content (AvgIpc) is 2.44. The van der Waals surface area contributed by atoms with Crippen molar-refractivity contribution < 1.29 is 9.59 Å². The van der Waals surface area contributed by atoms with Crippen LogP contribution < -0.4 is 10.6 Å². The van der Waals surface area contributed by atoms with E-state index < -0.39 is 0 Å². The Bertz CT molecular complexity index is 691. The first-order valence-electron chi connectivity index (χ1n) is 7.17. The van der Waals surface area contributed by atoms with Crippen LogP contribution in [0, 0.1) is 13.8 Å². The SMILES string of the molecule is CC(=O)Nc1ccc(NC(=O)Cc2cc(C)ccc2C)cc1. The first-order chi connectivity index (χ1) is 10.4. The highest BCUT2D eigenvalue weighted by Crippen LogP contribution is 2.15. The molecule has 4 nitrogen and oxygen atoms in total. The van der Waals surface area contributed by atoms with Crippen molar-refractivity contribution in [2.45, 2.75) is 27.2 Å². The van der Waals surface area contributed by atoms with Gasteiger partial charge in [-0.05, 0) is 49.2 Å². The lowest BCUT2D eigenvalue weighted by atomic mass is 10.0. The summed E-state index contributed by atoms with van der Waals surface area (Å²) >= 11 is 0. The van der Waals surface area contributed by atoms with Gasteiger partial charge in [-0.15, -0.1) is 0 Å². The zero-order valence-electron chi connectivity index (χ0n) is 13.1. The van der Waals surface area contributed by atoms with Crippen LogP contribution in [0.15, 0.2) is 42.5 Å². The number of aryl methyl sites for hydroxylation is 2. The second-order valence-corrected chi connectivity index (χ2v) is 5.41. The quantitative estimate of drug-likeness (QED) is 0.908. The Hall–Kier alpha value is -2.62. The Balaban J connectivity index is 1.99. The van der Waals surface area contributed by atoms with E-state index in [0.717, 1.165) is 16.7 Å². The van der Waals surface area contributed by atoms with Gasteiger partial charge in [0, 0.05) is 18.3 Å². The summed E-state index contributed by atoms with van der Waals surface area (Å²) in [6.45, 7) is 5.48. The molecule has 114 valence electrons. The van der Waals surface area contributed by atoms with E-state index in [-0.39, 0.29) is 11.8 Å². The summed E-state index contributed by atoms with van der Waals surface area (Å²) in [6.07, 6.45) is 0.348. The predicted molar refractivity (Wildman–Crippen MR) is 89.0 cm³/mol. The summed E-state index contributed by atoms with van der Waals surface area (Å²) in [5.41, 5.74) is 4.71. The molecular weight excluding hydrogens is 276 g/mol. The average molecular weight is 296 g/mol. The smallest absolute Gasteiger partial charge is 0.228 e. The highest BCUT2D eigenvalue weighted by atomic mass is 16.2. The van der Waals surface area contributed by atoms with E-state index in [0.29, 0.717) is 17.8 Å². The van der Waals surface area contributed by atoms with E-state index in [2.05, 4.69) is 10.6 Å². The fourth-order valence-electron chi connectivity index (χ4n) is 2.21. The number of rotatable bonds is 4. The Morgan fingerprint density at radius 2 is 1.50 bits per heavy atom. The zero-order valence-corrected chi connectivity index (χ0v) is 13.1. The van der Waals surface area contributed by atoms with Crippen molar-refractivity contribution in [3.63, 3.8) is 0 Å². The van der Waals surface area contributed by atoms with Gasteiger partial charge >= 0.3 is 0 Å². The second kappa shape index (κ2) is 6.89. The molecule has 0 aliphatic rings. The highest BCUT2D eigenvalue weighted by Gasteiger charge is 2.07. The molecule has 0 unspecified atom stereocenters. The van der Waals surface area contributed by atoms with Crippen molar-refractivity contribution in [2.75, 3.05) is 10.6 Å². The molecule has 2 rings (SSSR count). The number of nitrogens with one attached hydrogen (secondary N) is 2. The Labute approximate surface area is 130 Å². The fourth-order valence-corrected chi connectivity index (χ4v) is 2.21. The van der Waals surface area contributed by atoms with E-state index in [4.69, 9.17) is 0 Å². The van der Waals surface area contributed by atoms with Crippen LogP contribution in [0.3, 0.4) is 0 Å². The van der Waals surface area contributed by atoms with Gasteiger partial charge in [-0.2, -0.15) is 0 Å². The number of amides is 2. The molecule has 0 aliphatic carbocycles. The van der Waals surface area contributed by atoms with Gasteiger partial charge in [-0.1, -0.05) is 23.8 Å². The van der Waals surface area contributed by atoms with Crippen LogP contribution in [-0.2, 0) is 16.0 Å². The topological polar surface area (TPSA) is 58.2 Å². The third-order valence-corrected chi connectivity index (χ3v) is 3.34. The minimum atomic E-state index is -0.119. The van der Waals surface area contributed by atoms with E-state index >= 15 is 0 Å².